The van der Waals surface area contributed by atoms with E-state index in [4.69, 9.17) is 0 Å². The normalized spacial score (nSPS) is 18.0. The second-order valence-corrected chi connectivity index (χ2v) is 6.75. The molecule has 3 rings (SSSR count). The van der Waals surface area contributed by atoms with Crippen molar-refractivity contribution in [1.82, 2.24) is 0 Å². The average molecular weight is 394 g/mol. The van der Waals surface area contributed by atoms with Gasteiger partial charge in [-0.1, -0.05) is 18.2 Å². The molecule has 2 unspecified atom stereocenters. The zero-order valence-corrected chi connectivity index (χ0v) is 15.9. The molecule has 0 spiro atoms. The van der Waals surface area contributed by atoms with Crippen LogP contribution in [0.3, 0.4) is 0 Å². The molecular formula is C22H22N2O5. The molecule has 0 aliphatic heterocycles. The topological polar surface area (TPSA) is 105 Å². The third-order valence-electron chi connectivity index (χ3n) is 4.79. The van der Waals surface area contributed by atoms with Gasteiger partial charge in [-0.15, -0.1) is 0 Å². The maximum atomic E-state index is 12.8. The number of hydrogen-bond acceptors (Lipinski definition) is 5. The number of nitrogens with one attached hydrogen (secondary N) is 2. The molecular weight excluding hydrogens is 372 g/mol. The monoisotopic (exact) mass is 394 g/mol. The van der Waals surface area contributed by atoms with Crippen molar-refractivity contribution in [3.63, 3.8) is 0 Å². The van der Waals surface area contributed by atoms with Crippen LogP contribution in [0.25, 0.3) is 0 Å². The van der Waals surface area contributed by atoms with Crippen molar-refractivity contribution >= 4 is 29.2 Å². The third-order valence-corrected chi connectivity index (χ3v) is 4.79. The number of methoxy groups -OCH3 is 1. The number of anilines is 2. The van der Waals surface area contributed by atoms with Gasteiger partial charge in [-0.3, -0.25) is 9.59 Å². The molecule has 7 nitrogen and oxygen atoms in total. The van der Waals surface area contributed by atoms with E-state index < -0.39 is 17.8 Å². The number of esters is 1. The van der Waals surface area contributed by atoms with E-state index in [1.807, 2.05) is 12.2 Å². The molecule has 0 radical (unpaired) electrons. The average Bonchev–Trinajstić information content (AvgIpc) is 2.73. The lowest BCUT2D eigenvalue weighted by Gasteiger charge is -2.26. The van der Waals surface area contributed by atoms with E-state index in [9.17, 15) is 19.5 Å². The van der Waals surface area contributed by atoms with Crippen LogP contribution in [-0.4, -0.2) is 30.0 Å². The number of rotatable bonds is 5. The Morgan fingerprint density at radius 1 is 0.897 bits per heavy atom. The highest BCUT2D eigenvalue weighted by molar-refractivity contribution is 6.00. The molecule has 2 aromatic carbocycles. The quantitative estimate of drug-likeness (QED) is 0.533. The molecule has 0 bridgehead atoms. The van der Waals surface area contributed by atoms with Crippen molar-refractivity contribution < 1.29 is 24.2 Å². The van der Waals surface area contributed by atoms with Crippen molar-refractivity contribution in [1.29, 1.82) is 0 Å². The predicted molar refractivity (Wildman–Crippen MR) is 109 cm³/mol. The van der Waals surface area contributed by atoms with E-state index in [1.165, 1.54) is 19.2 Å². The summed E-state index contributed by atoms with van der Waals surface area (Å²) < 4.78 is 4.66. The molecule has 0 fully saturated rings. The van der Waals surface area contributed by atoms with Gasteiger partial charge in [0.2, 0.25) is 11.8 Å². The minimum Gasteiger partial charge on any atom is -0.508 e. The number of ether oxygens (including phenoxy) is 1. The van der Waals surface area contributed by atoms with E-state index in [0.29, 0.717) is 29.8 Å². The van der Waals surface area contributed by atoms with Gasteiger partial charge in [-0.25, -0.2) is 4.79 Å². The van der Waals surface area contributed by atoms with Crippen molar-refractivity contribution in [2.75, 3.05) is 17.7 Å². The summed E-state index contributed by atoms with van der Waals surface area (Å²) in [6.07, 6.45) is 4.68. The molecule has 3 N–H and O–H groups in total. The Hall–Kier alpha value is -3.61. The van der Waals surface area contributed by atoms with Gasteiger partial charge >= 0.3 is 5.97 Å². The molecule has 2 amide bonds. The number of phenolic OH excluding ortho intramolecular Hbond substituents is 1. The summed E-state index contributed by atoms with van der Waals surface area (Å²) in [7, 11) is 1.30. The van der Waals surface area contributed by atoms with Crippen molar-refractivity contribution in [3.05, 3.63) is 66.2 Å². The zero-order chi connectivity index (χ0) is 20.8. The van der Waals surface area contributed by atoms with Gasteiger partial charge in [0.15, 0.2) is 0 Å². The summed E-state index contributed by atoms with van der Waals surface area (Å²) in [5, 5.41) is 15.1. The molecule has 29 heavy (non-hydrogen) atoms. The minimum atomic E-state index is -0.531. The summed E-state index contributed by atoms with van der Waals surface area (Å²) in [6, 6.07) is 12.6. The molecule has 150 valence electrons. The highest BCUT2D eigenvalue weighted by atomic mass is 16.5. The molecule has 2 atom stereocenters. The lowest BCUT2D eigenvalue weighted by atomic mass is 9.81. The third kappa shape index (κ3) is 5.01. The number of allylic oxidation sites excluding steroid dienone is 2. The van der Waals surface area contributed by atoms with E-state index >= 15 is 0 Å². The fraction of sp³-hybridized carbons (Fsp3) is 0.227. The van der Waals surface area contributed by atoms with Crippen molar-refractivity contribution in [2.45, 2.75) is 12.8 Å². The summed E-state index contributed by atoms with van der Waals surface area (Å²) in [5.41, 5.74) is 1.39. The Kier molecular flexibility index (Phi) is 6.29. The number of aromatic hydroxyl groups is 1. The molecule has 7 heteroatoms. The highest BCUT2D eigenvalue weighted by Crippen LogP contribution is 2.29. The Morgan fingerprint density at radius 2 is 1.48 bits per heavy atom. The standard InChI is InChI=1S/C22H22N2O5/c1-29-22(28)14-9-11-15(12-10-14)23-20(26)18-7-2-3-8-19(18)21(27)24-16-5-4-6-17(25)13-16/h2-6,9-13,18-19,25H,7-8H2,1H3,(H,23,26)(H,24,27). The smallest absolute Gasteiger partial charge is 0.337 e. The summed E-state index contributed by atoms with van der Waals surface area (Å²) in [5.74, 6) is -2.01. The van der Waals surface area contributed by atoms with Crippen LogP contribution >= 0.6 is 0 Å². The van der Waals surface area contributed by atoms with E-state index in [-0.39, 0.29) is 17.6 Å². The van der Waals surface area contributed by atoms with Crippen LogP contribution < -0.4 is 10.6 Å². The van der Waals surface area contributed by atoms with Crippen LogP contribution in [0, 0.1) is 11.8 Å². The van der Waals surface area contributed by atoms with Crippen LogP contribution in [0.1, 0.15) is 23.2 Å². The van der Waals surface area contributed by atoms with Crippen LogP contribution in [-0.2, 0) is 14.3 Å². The van der Waals surface area contributed by atoms with Gasteiger partial charge in [-0.05, 0) is 49.2 Å². The second-order valence-electron chi connectivity index (χ2n) is 6.75. The molecule has 1 aliphatic rings. The van der Waals surface area contributed by atoms with Gasteiger partial charge in [0.05, 0.1) is 24.5 Å². The lowest BCUT2D eigenvalue weighted by molar-refractivity contribution is -0.129. The van der Waals surface area contributed by atoms with Crippen LogP contribution in [0.2, 0.25) is 0 Å². The summed E-state index contributed by atoms with van der Waals surface area (Å²) >= 11 is 0. The van der Waals surface area contributed by atoms with Gasteiger partial charge < -0.3 is 20.5 Å². The first-order valence-corrected chi connectivity index (χ1v) is 9.22. The van der Waals surface area contributed by atoms with Crippen LogP contribution in [0.5, 0.6) is 5.75 Å². The molecule has 0 saturated carbocycles. The summed E-state index contributed by atoms with van der Waals surface area (Å²) in [6.45, 7) is 0. The number of benzene rings is 2. The maximum absolute atomic E-state index is 12.8. The van der Waals surface area contributed by atoms with Crippen molar-refractivity contribution in [3.8, 4) is 5.75 Å². The SMILES string of the molecule is COC(=O)c1ccc(NC(=O)C2CC=CCC2C(=O)Nc2cccc(O)c2)cc1. The van der Waals surface area contributed by atoms with E-state index in [0.717, 1.165) is 0 Å². The Balaban J connectivity index is 1.68. The molecule has 2 aromatic rings. The van der Waals surface area contributed by atoms with Crippen LogP contribution in [0.4, 0.5) is 11.4 Å². The van der Waals surface area contributed by atoms with Gasteiger partial charge in [0, 0.05) is 17.4 Å². The van der Waals surface area contributed by atoms with Crippen molar-refractivity contribution in [2.24, 2.45) is 11.8 Å². The largest absolute Gasteiger partial charge is 0.508 e. The first kappa shape index (κ1) is 20.1. The fourth-order valence-electron chi connectivity index (χ4n) is 3.25. The first-order valence-electron chi connectivity index (χ1n) is 9.22. The van der Waals surface area contributed by atoms with Gasteiger partial charge in [0.25, 0.3) is 0 Å². The lowest BCUT2D eigenvalue weighted by Crippen LogP contribution is -2.37. The van der Waals surface area contributed by atoms with E-state index in [1.54, 1.807) is 36.4 Å². The van der Waals surface area contributed by atoms with Gasteiger partial charge in [0.1, 0.15) is 5.75 Å². The fourth-order valence-corrected chi connectivity index (χ4v) is 3.25. The molecule has 0 aromatic heterocycles. The minimum absolute atomic E-state index is 0.0519. The first-order chi connectivity index (χ1) is 14.0. The Bertz CT molecular complexity index is 936. The van der Waals surface area contributed by atoms with E-state index in [2.05, 4.69) is 15.4 Å². The summed E-state index contributed by atoms with van der Waals surface area (Å²) in [4.78, 5) is 37.1. The highest BCUT2D eigenvalue weighted by Gasteiger charge is 2.34. The Labute approximate surface area is 168 Å². The molecule has 0 saturated heterocycles. The maximum Gasteiger partial charge on any atom is 0.337 e. The van der Waals surface area contributed by atoms with Gasteiger partial charge in [-0.2, -0.15) is 0 Å². The van der Waals surface area contributed by atoms with Crippen LogP contribution in [0.15, 0.2) is 60.7 Å². The number of phenols is 1. The number of amides is 2. The number of carbonyl (C=O) groups excluding carboxylic acids is 3. The molecule has 0 heterocycles. The zero-order valence-electron chi connectivity index (χ0n) is 15.9. The number of carbonyl (C=O) groups is 3. The number of hydrogen-bond donors (Lipinski definition) is 3. The molecule has 1 aliphatic carbocycles. The second kappa shape index (κ2) is 9.05. The predicted octanol–water partition coefficient (Wildman–Crippen LogP) is 3.34. The Morgan fingerprint density at radius 3 is 2.03 bits per heavy atom.